The zero-order valence-corrected chi connectivity index (χ0v) is 12.1. The van der Waals surface area contributed by atoms with Gasteiger partial charge in [0.25, 0.3) is 0 Å². The van der Waals surface area contributed by atoms with Crippen LogP contribution in [0.1, 0.15) is 33.1 Å². The maximum Gasteiger partial charge on any atom is 0.333 e. The van der Waals surface area contributed by atoms with E-state index >= 15 is 0 Å². The summed E-state index contributed by atoms with van der Waals surface area (Å²) in [6.07, 6.45) is -0.401. The number of rotatable bonds is 9. The second-order valence-corrected chi connectivity index (χ2v) is 4.53. The van der Waals surface area contributed by atoms with Crippen molar-refractivity contribution in [2.45, 2.75) is 38.2 Å². The lowest BCUT2D eigenvalue weighted by Crippen LogP contribution is -2.36. The molecule has 0 heterocycles. The number of hydrogen-bond donors (Lipinski definition) is 0. The second kappa shape index (κ2) is 8.87. The van der Waals surface area contributed by atoms with Crippen molar-refractivity contribution in [2.24, 2.45) is 0 Å². The molecule has 0 bridgehead atoms. The van der Waals surface area contributed by atoms with Crippen molar-refractivity contribution < 1.29 is 28.6 Å². The van der Waals surface area contributed by atoms with Crippen molar-refractivity contribution >= 4 is 29.3 Å². The first-order valence-electron chi connectivity index (χ1n) is 5.93. The van der Waals surface area contributed by atoms with Gasteiger partial charge in [0, 0.05) is 13.5 Å². The Kier molecular flexibility index (Phi) is 8.34. The van der Waals surface area contributed by atoms with Crippen LogP contribution in [0.3, 0.4) is 0 Å². The monoisotopic (exact) mass is 294 g/mol. The summed E-state index contributed by atoms with van der Waals surface area (Å²) in [5.74, 6) is -1.60. The van der Waals surface area contributed by atoms with E-state index in [4.69, 9.17) is 21.1 Å². The largest absolute Gasteiger partial charge is 0.466 e. The Hall–Kier alpha value is -1.14. The van der Waals surface area contributed by atoms with Gasteiger partial charge in [0.2, 0.25) is 5.06 Å². The lowest BCUT2D eigenvalue weighted by molar-refractivity contribution is -0.162. The van der Waals surface area contributed by atoms with E-state index in [1.54, 1.807) is 13.8 Å². The van der Waals surface area contributed by atoms with E-state index < -0.39 is 17.0 Å². The molecule has 6 nitrogen and oxygen atoms in total. The molecule has 0 spiro atoms. The summed E-state index contributed by atoms with van der Waals surface area (Å²) in [6.45, 7) is 3.17. The molecule has 0 rings (SSSR count). The topological polar surface area (TPSA) is 78.9 Å². The first-order chi connectivity index (χ1) is 8.86. The maximum atomic E-state index is 11.4. The number of ketones is 1. The van der Waals surface area contributed by atoms with Crippen LogP contribution >= 0.6 is 11.6 Å². The predicted molar refractivity (Wildman–Crippen MR) is 67.7 cm³/mol. The lowest BCUT2D eigenvalue weighted by atomic mass is 10.1. The van der Waals surface area contributed by atoms with Gasteiger partial charge in [0.1, 0.15) is 18.8 Å². The lowest BCUT2D eigenvalue weighted by Gasteiger charge is -2.25. The van der Waals surface area contributed by atoms with Crippen LogP contribution < -0.4 is 0 Å². The van der Waals surface area contributed by atoms with Gasteiger partial charge in [-0.3, -0.25) is 9.59 Å². The first-order valence-corrected chi connectivity index (χ1v) is 6.31. The number of Topliss-reactive ketones (excluding diaryl/α,β-unsaturated/α-hetero) is 1. The number of methoxy groups -OCH3 is 1. The number of carbonyl (C=O) groups is 3. The van der Waals surface area contributed by atoms with Crippen LogP contribution in [-0.2, 0) is 28.6 Å². The van der Waals surface area contributed by atoms with Gasteiger partial charge >= 0.3 is 11.9 Å². The molecule has 0 aromatic carbocycles. The highest BCUT2D eigenvalue weighted by Crippen LogP contribution is 2.28. The second-order valence-electron chi connectivity index (χ2n) is 3.84. The van der Waals surface area contributed by atoms with Crippen molar-refractivity contribution in [3.8, 4) is 0 Å². The molecule has 0 radical (unpaired) electrons. The fourth-order valence-corrected chi connectivity index (χ4v) is 1.68. The van der Waals surface area contributed by atoms with Gasteiger partial charge in [-0.2, -0.15) is 0 Å². The molecule has 0 aliphatic rings. The first kappa shape index (κ1) is 17.9. The summed E-state index contributed by atoms with van der Waals surface area (Å²) >= 11 is 6.05. The number of esters is 2. The standard InChI is InChI=1S/C12H19ClO6/c1-4-9(14)6-12(13,7-10(15)18-5-2)19-11(16)8-17-3/h4-8H2,1-3H3. The summed E-state index contributed by atoms with van der Waals surface area (Å²) in [4.78, 5) is 34.2. The zero-order valence-electron chi connectivity index (χ0n) is 11.4. The van der Waals surface area contributed by atoms with Crippen LogP contribution in [0, 0.1) is 0 Å². The maximum absolute atomic E-state index is 11.4. The third-order valence-corrected chi connectivity index (χ3v) is 2.47. The Morgan fingerprint density at radius 2 is 1.74 bits per heavy atom. The third kappa shape index (κ3) is 7.79. The van der Waals surface area contributed by atoms with E-state index in [1.807, 2.05) is 0 Å². The van der Waals surface area contributed by atoms with Gasteiger partial charge in [0.15, 0.2) is 0 Å². The van der Waals surface area contributed by atoms with Gasteiger partial charge in [-0.1, -0.05) is 18.5 Å². The highest BCUT2D eigenvalue weighted by atomic mass is 35.5. The van der Waals surface area contributed by atoms with Crippen molar-refractivity contribution in [3.05, 3.63) is 0 Å². The van der Waals surface area contributed by atoms with Crippen LogP contribution in [0.25, 0.3) is 0 Å². The van der Waals surface area contributed by atoms with Crippen LogP contribution in [0.2, 0.25) is 0 Å². The highest BCUT2D eigenvalue weighted by Gasteiger charge is 2.37. The Balaban J connectivity index is 4.74. The summed E-state index contributed by atoms with van der Waals surface area (Å²) in [6, 6.07) is 0. The van der Waals surface area contributed by atoms with E-state index in [0.29, 0.717) is 0 Å². The average molecular weight is 295 g/mol. The van der Waals surface area contributed by atoms with Gasteiger partial charge in [-0.25, -0.2) is 4.79 Å². The SMILES string of the molecule is CCOC(=O)CC(Cl)(CC(=O)CC)OC(=O)COC. The summed E-state index contributed by atoms with van der Waals surface area (Å²) in [5.41, 5.74) is 0. The number of halogens is 1. The van der Waals surface area contributed by atoms with Crippen LogP contribution in [0.5, 0.6) is 0 Å². The molecule has 110 valence electrons. The van der Waals surface area contributed by atoms with Crippen molar-refractivity contribution in [1.29, 1.82) is 0 Å². The smallest absolute Gasteiger partial charge is 0.333 e. The van der Waals surface area contributed by atoms with E-state index in [2.05, 4.69) is 4.74 Å². The number of carbonyl (C=O) groups excluding carboxylic acids is 3. The van der Waals surface area contributed by atoms with Crippen molar-refractivity contribution in [1.82, 2.24) is 0 Å². The van der Waals surface area contributed by atoms with Gasteiger partial charge in [-0.05, 0) is 6.92 Å². The molecule has 0 aromatic heterocycles. The molecule has 7 heteroatoms. The molecule has 1 unspecified atom stereocenters. The fraction of sp³-hybridized carbons (Fsp3) is 0.750. The van der Waals surface area contributed by atoms with E-state index in [9.17, 15) is 14.4 Å². The number of ether oxygens (including phenoxy) is 3. The Morgan fingerprint density at radius 3 is 2.21 bits per heavy atom. The molecule has 1 atom stereocenters. The fourth-order valence-electron chi connectivity index (χ4n) is 1.33. The van der Waals surface area contributed by atoms with Crippen molar-refractivity contribution in [2.75, 3.05) is 20.3 Å². The summed E-state index contributed by atoms with van der Waals surface area (Å²) in [5, 5.41) is -1.71. The minimum atomic E-state index is -1.71. The normalized spacial score (nSPS) is 13.5. The van der Waals surface area contributed by atoms with Crippen molar-refractivity contribution in [3.63, 3.8) is 0 Å². The molecule has 0 aliphatic carbocycles. The average Bonchev–Trinajstić information content (AvgIpc) is 2.28. The quantitative estimate of drug-likeness (QED) is 0.473. The van der Waals surface area contributed by atoms with E-state index in [0.717, 1.165) is 0 Å². The molecule has 0 aliphatic heterocycles. The van der Waals surface area contributed by atoms with E-state index in [-0.39, 0.29) is 38.3 Å². The van der Waals surface area contributed by atoms with Gasteiger partial charge in [0.05, 0.1) is 13.0 Å². The zero-order chi connectivity index (χ0) is 14.9. The third-order valence-electron chi connectivity index (χ3n) is 2.13. The predicted octanol–water partition coefficient (Wildman–Crippen LogP) is 1.43. The molecule has 0 N–H and O–H groups in total. The van der Waals surface area contributed by atoms with Gasteiger partial charge in [-0.15, -0.1) is 0 Å². The van der Waals surface area contributed by atoms with Gasteiger partial charge < -0.3 is 14.2 Å². The highest BCUT2D eigenvalue weighted by molar-refractivity contribution is 6.25. The van der Waals surface area contributed by atoms with Crippen LogP contribution in [-0.4, -0.2) is 43.1 Å². The van der Waals surface area contributed by atoms with Crippen LogP contribution in [0.4, 0.5) is 0 Å². The molecule has 19 heavy (non-hydrogen) atoms. The minimum Gasteiger partial charge on any atom is -0.466 e. The molecule has 0 saturated carbocycles. The molecule has 0 fully saturated rings. The molecule has 0 saturated heterocycles. The Morgan fingerprint density at radius 1 is 1.11 bits per heavy atom. The number of alkyl halides is 1. The minimum absolute atomic E-state index is 0.180. The summed E-state index contributed by atoms with van der Waals surface area (Å²) in [7, 11) is 1.32. The molecular formula is C12H19ClO6. The Labute approximate surface area is 117 Å². The Bertz CT molecular complexity index is 308. The molecule has 0 aromatic rings. The van der Waals surface area contributed by atoms with E-state index in [1.165, 1.54) is 7.11 Å². The summed E-state index contributed by atoms with van der Waals surface area (Å²) < 4.78 is 14.3. The molecular weight excluding hydrogens is 276 g/mol. The molecule has 0 amide bonds. The number of hydrogen-bond acceptors (Lipinski definition) is 6. The van der Waals surface area contributed by atoms with Crippen LogP contribution in [0.15, 0.2) is 0 Å².